The molecule has 0 spiro atoms. The van der Waals surface area contributed by atoms with Crippen molar-refractivity contribution in [3.8, 4) is 0 Å². The van der Waals surface area contributed by atoms with E-state index < -0.39 is 0 Å². The highest BCUT2D eigenvalue weighted by atomic mass is 16.6. The summed E-state index contributed by atoms with van der Waals surface area (Å²) in [6.45, 7) is 1.96. The molecule has 0 saturated carbocycles. The molecular weight excluding hydrogens is 406 g/mol. The van der Waals surface area contributed by atoms with Crippen molar-refractivity contribution in [1.82, 2.24) is 4.98 Å². The molecule has 0 unspecified atom stereocenters. The van der Waals surface area contributed by atoms with Crippen LogP contribution in [-0.4, -0.2) is 49.3 Å². The second-order valence-electron chi connectivity index (χ2n) is 8.33. The number of carbonyl (C=O) groups excluding carboxylic acids is 2. The number of esters is 1. The zero-order chi connectivity index (χ0) is 21.9. The molecule has 0 aliphatic carbocycles. The number of ether oxygens (including phenoxy) is 2. The maximum atomic E-state index is 13.1. The number of fused-ring (bicyclic) bond motifs is 2. The summed E-state index contributed by atoms with van der Waals surface area (Å²) in [5.74, 6) is -0.358. The number of aromatic nitrogens is 1. The van der Waals surface area contributed by atoms with Gasteiger partial charge in [0.05, 0.1) is 31.0 Å². The minimum Gasteiger partial charge on any atom is -0.455 e. The van der Waals surface area contributed by atoms with E-state index in [1.54, 1.807) is 6.07 Å². The number of carbonyl (C=O) groups is 2. The van der Waals surface area contributed by atoms with E-state index in [0.29, 0.717) is 18.9 Å². The van der Waals surface area contributed by atoms with E-state index in [4.69, 9.17) is 9.47 Å². The summed E-state index contributed by atoms with van der Waals surface area (Å²) in [4.78, 5) is 30.7. The summed E-state index contributed by atoms with van der Waals surface area (Å²) in [6.07, 6.45) is 3.61. The van der Waals surface area contributed by atoms with Crippen LogP contribution in [0.25, 0.3) is 10.9 Å². The van der Waals surface area contributed by atoms with Gasteiger partial charge in [-0.2, -0.15) is 0 Å². The number of aromatic amines is 1. The lowest BCUT2D eigenvalue weighted by molar-refractivity contribution is -0.117. The number of anilines is 2. The SMILES string of the molecule is O=C(O[C@H]1CCOC1)c1cc2cccc(NCC(=O)N3CCCCc4ccccc43)c2[nH]1. The molecule has 3 aromatic rings. The molecule has 2 aliphatic heterocycles. The van der Waals surface area contributed by atoms with Crippen LogP contribution in [0.1, 0.15) is 35.3 Å². The average Bonchev–Trinajstić information content (AvgIpc) is 3.43. The Bertz CT molecular complexity index is 1130. The van der Waals surface area contributed by atoms with Crippen molar-refractivity contribution in [3.05, 3.63) is 59.8 Å². The van der Waals surface area contributed by atoms with E-state index in [-0.39, 0.29) is 24.5 Å². The summed E-state index contributed by atoms with van der Waals surface area (Å²) in [5.41, 5.74) is 4.19. The van der Waals surface area contributed by atoms with E-state index in [9.17, 15) is 9.59 Å². The molecule has 166 valence electrons. The minimum atomic E-state index is -0.389. The van der Waals surface area contributed by atoms with Gasteiger partial charge in [0.2, 0.25) is 5.91 Å². The summed E-state index contributed by atoms with van der Waals surface area (Å²) in [6, 6.07) is 15.7. The molecule has 2 aromatic carbocycles. The van der Waals surface area contributed by atoms with Gasteiger partial charge in [-0.1, -0.05) is 30.3 Å². The molecule has 1 atom stereocenters. The van der Waals surface area contributed by atoms with Crippen LogP contribution >= 0.6 is 0 Å². The van der Waals surface area contributed by atoms with Crippen molar-refractivity contribution in [1.29, 1.82) is 0 Å². The number of aryl methyl sites for hydroxylation is 1. The van der Waals surface area contributed by atoms with Gasteiger partial charge in [0.1, 0.15) is 11.8 Å². The van der Waals surface area contributed by atoms with Gasteiger partial charge in [0.25, 0.3) is 0 Å². The lowest BCUT2D eigenvalue weighted by Gasteiger charge is -2.23. The van der Waals surface area contributed by atoms with E-state index in [0.717, 1.165) is 54.5 Å². The van der Waals surface area contributed by atoms with Crippen molar-refractivity contribution in [2.24, 2.45) is 0 Å². The fourth-order valence-electron chi connectivity index (χ4n) is 4.45. The number of amides is 1. The number of hydrogen-bond donors (Lipinski definition) is 2. The molecule has 3 heterocycles. The lowest BCUT2D eigenvalue weighted by Crippen LogP contribution is -2.36. The third kappa shape index (κ3) is 4.21. The first-order valence-electron chi connectivity index (χ1n) is 11.2. The first-order chi connectivity index (χ1) is 15.7. The zero-order valence-electron chi connectivity index (χ0n) is 17.9. The van der Waals surface area contributed by atoms with Gasteiger partial charge in [-0.15, -0.1) is 0 Å². The summed E-state index contributed by atoms with van der Waals surface area (Å²) in [5, 5.41) is 4.15. The highest BCUT2D eigenvalue weighted by Gasteiger charge is 2.23. The summed E-state index contributed by atoms with van der Waals surface area (Å²) >= 11 is 0. The number of benzene rings is 2. The van der Waals surface area contributed by atoms with Crippen molar-refractivity contribution in [2.75, 3.05) is 36.5 Å². The van der Waals surface area contributed by atoms with Gasteiger partial charge in [0, 0.05) is 24.0 Å². The Morgan fingerprint density at radius 2 is 2.06 bits per heavy atom. The number of nitrogens with zero attached hydrogens (tertiary/aromatic N) is 1. The minimum absolute atomic E-state index is 0.0313. The molecule has 1 amide bonds. The fraction of sp³-hybridized carbons (Fsp3) is 0.360. The Labute approximate surface area is 186 Å². The highest BCUT2D eigenvalue weighted by molar-refractivity contribution is 6.01. The second kappa shape index (κ2) is 9.04. The van der Waals surface area contributed by atoms with E-state index >= 15 is 0 Å². The van der Waals surface area contributed by atoms with Crippen molar-refractivity contribution in [3.63, 3.8) is 0 Å². The summed E-state index contributed by atoms with van der Waals surface area (Å²) < 4.78 is 10.8. The quantitative estimate of drug-likeness (QED) is 0.597. The second-order valence-corrected chi connectivity index (χ2v) is 8.33. The van der Waals surface area contributed by atoms with Crippen LogP contribution in [0, 0.1) is 0 Å². The largest absolute Gasteiger partial charge is 0.455 e. The normalized spacial score (nSPS) is 18.2. The average molecular weight is 434 g/mol. The van der Waals surface area contributed by atoms with E-state index in [1.165, 1.54) is 5.56 Å². The first kappa shape index (κ1) is 20.6. The first-order valence-corrected chi connectivity index (χ1v) is 11.2. The zero-order valence-corrected chi connectivity index (χ0v) is 17.9. The number of nitrogens with one attached hydrogen (secondary N) is 2. The van der Waals surface area contributed by atoms with Crippen LogP contribution in [0.2, 0.25) is 0 Å². The van der Waals surface area contributed by atoms with Crippen LogP contribution in [0.4, 0.5) is 11.4 Å². The van der Waals surface area contributed by atoms with Gasteiger partial charge in [-0.3, -0.25) is 4.79 Å². The highest BCUT2D eigenvalue weighted by Crippen LogP contribution is 2.27. The maximum absolute atomic E-state index is 13.1. The third-order valence-corrected chi connectivity index (χ3v) is 6.13. The monoisotopic (exact) mass is 433 g/mol. The van der Waals surface area contributed by atoms with Crippen molar-refractivity contribution in [2.45, 2.75) is 31.8 Å². The Morgan fingerprint density at radius 3 is 2.94 bits per heavy atom. The van der Waals surface area contributed by atoms with Crippen LogP contribution < -0.4 is 10.2 Å². The molecule has 1 saturated heterocycles. The molecule has 32 heavy (non-hydrogen) atoms. The van der Waals surface area contributed by atoms with Gasteiger partial charge >= 0.3 is 5.97 Å². The van der Waals surface area contributed by atoms with Gasteiger partial charge in [0.15, 0.2) is 0 Å². The van der Waals surface area contributed by atoms with Gasteiger partial charge < -0.3 is 24.7 Å². The smallest absolute Gasteiger partial charge is 0.355 e. The summed E-state index contributed by atoms with van der Waals surface area (Å²) in [7, 11) is 0. The Morgan fingerprint density at radius 1 is 1.16 bits per heavy atom. The molecule has 2 aliphatic rings. The molecule has 7 heteroatoms. The van der Waals surface area contributed by atoms with Crippen LogP contribution in [0.3, 0.4) is 0 Å². The van der Waals surface area contributed by atoms with Gasteiger partial charge in [-0.05, 0) is 43.0 Å². The lowest BCUT2D eigenvalue weighted by atomic mass is 10.1. The molecular formula is C25H27N3O4. The van der Waals surface area contributed by atoms with Gasteiger partial charge in [-0.25, -0.2) is 4.79 Å². The predicted octanol–water partition coefficient (Wildman–Crippen LogP) is 3.90. The number of hydrogen-bond acceptors (Lipinski definition) is 5. The van der Waals surface area contributed by atoms with Crippen LogP contribution in [-0.2, 0) is 20.7 Å². The third-order valence-electron chi connectivity index (χ3n) is 6.13. The molecule has 7 nitrogen and oxygen atoms in total. The van der Waals surface area contributed by atoms with Crippen molar-refractivity contribution >= 4 is 34.2 Å². The number of para-hydroxylation sites is 2. The molecule has 2 N–H and O–H groups in total. The van der Waals surface area contributed by atoms with Crippen LogP contribution in [0.5, 0.6) is 0 Å². The molecule has 0 bridgehead atoms. The molecule has 1 fully saturated rings. The number of H-pyrrole nitrogens is 1. The Balaban J connectivity index is 1.31. The van der Waals surface area contributed by atoms with Crippen LogP contribution in [0.15, 0.2) is 48.5 Å². The standard InChI is InChI=1S/C25H27N3O4/c29-23(28-12-4-3-7-17-6-1-2-10-22(17)28)15-26-20-9-5-8-18-14-21(27-24(18)20)25(30)32-19-11-13-31-16-19/h1-2,5-6,8-10,14,19,26-27H,3-4,7,11-13,15-16H2/t19-/m0/s1. The van der Waals surface area contributed by atoms with Crippen molar-refractivity contribution < 1.29 is 19.1 Å². The fourth-order valence-corrected chi connectivity index (χ4v) is 4.45. The molecule has 5 rings (SSSR count). The Hall–Kier alpha value is -3.32. The molecule has 1 aromatic heterocycles. The molecule has 0 radical (unpaired) electrons. The topological polar surface area (TPSA) is 83.7 Å². The van der Waals surface area contributed by atoms with E-state index in [1.807, 2.05) is 41.3 Å². The number of rotatable bonds is 5. The predicted molar refractivity (Wildman–Crippen MR) is 123 cm³/mol. The van der Waals surface area contributed by atoms with E-state index in [2.05, 4.69) is 16.4 Å². The maximum Gasteiger partial charge on any atom is 0.355 e. The Kier molecular flexibility index (Phi) is 5.81.